The lowest BCUT2D eigenvalue weighted by molar-refractivity contribution is 0.718. The van der Waals surface area contributed by atoms with Crippen LogP contribution in [0.5, 0.6) is 0 Å². The number of anilines is 1. The van der Waals surface area contributed by atoms with Gasteiger partial charge in [0.25, 0.3) is 0 Å². The van der Waals surface area contributed by atoms with E-state index in [2.05, 4.69) is 21.9 Å². The lowest BCUT2D eigenvalue weighted by Gasteiger charge is -2.23. The number of hydrogen-bond acceptors (Lipinski definition) is 5. The average Bonchev–Trinajstić information content (AvgIpc) is 1.99. The normalized spacial score (nSPS) is 16.6. The molecule has 0 spiro atoms. The minimum absolute atomic E-state index is 0.371. The van der Waals surface area contributed by atoms with Gasteiger partial charge in [-0.1, -0.05) is 6.92 Å². The summed E-state index contributed by atoms with van der Waals surface area (Å²) in [6.45, 7) is 2.11. The van der Waals surface area contributed by atoms with Gasteiger partial charge in [0, 0.05) is 23.8 Å². The fourth-order valence-electron chi connectivity index (χ4n) is 1.36. The molecule has 5 heteroatoms. The number of aryl methyl sites for hydroxylation is 1. The van der Waals surface area contributed by atoms with E-state index in [1.165, 1.54) is 0 Å². The number of aromatic nitrogens is 3. The third kappa shape index (κ3) is 1.97. The summed E-state index contributed by atoms with van der Waals surface area (Å²) < 4.78 is 0. The van der Waals surface area contributed by atoms with Crippen molar-refractivity contribution < 1.29 is 0 Å². The topological polar surface area (TPSA) is 64.7 Å². The molecule has 0 aromatic carbocycles. The first-order valence-corrected chi connectivity index (χ1v) is 6.03. The van der Waals surface area contributed by atoms with Gasteiger partial charge in [0.15, 0.2) is 0 Å². The van der Waals surface area contributed by atoms with Crippen LogP contribution >= 0.6 is 11.8 Å². The van der Waals surface area contributed by atoms with Crippen molar-refractivity contribution in [3.05, 3.63) is 11.6 Å². The first kappa shape index (κ1) is 9.71. The van der Waals surface area contributed by atoms with Gasteiger partial charge in [-0.2, -0.15) is 21.7 Å². The highest BCUT2D eigenvalue weighted by molar-refractivity contribution is 8.00. The number of nitrogen functional groups attached to an aromatic ring is 1. The van der Waals surface area contributed by atoms with Crippen LogP contribution in [-0.4, -0.2) is 26.5 Å². The Morgan fingerprint density at radius 2 is 2.14 bits per heavy atom. The Morgan fingerprint density at radius 1 is 1.36 bits per heavy atom. The standard InChI is InChI=1S/C9H14N4S/c1-2-3-7-11-8(6-4-14-5-6)13-9(10)12-7/h6H,2-5H2,1H3,(H2,10,11,12,13). The van der Waals surface area contributed by atoms with Crippen LogP contribution in [0.25, 0.3) is 0 Å². The van der Waals surface area contributed by atoms with Crippen LogP contribution in [0.15, 0.2) is 0 Å². The predicted molar refractivity (Wildman–Crippen MR) is 58.3 cm³/mol. The van der Waals surface area contributed by atoms with Crippen molar-refractivity contribution >= 4 is 17.7 Å². The van der Waals surface area contributed by atoms with E-state index in [4.69, 9.17) is 5.73 Å². The molecule has 0 amide bonds. The molecule has 2 N–H and O–H groups in total. The molecule has 1 saturated heterocycles. The lowest BCUT2D eigenvalue weighted by atomic mass is 10.2. The molecular weight excluding hydrogens is 196 g/mol. The van der Waals surface area contributed by atoms with Gasteiger partial charge in [0.2, 0.25) is 5.95 Å². The Labute approximate surface area is 87.7 Å². The summed E-state index contributed by atoms with van der Waals surface area (Å²) in [4.78, 5) is 12.7. The first-order chi connectivity index (χ1) is 6.79. The van der Waals surface area contributed by atoms with Crippen LogP contribution in [0.3, 0.4) is 0 Å². The third-order valence-corrected chi connectivity index (χ3v) is 3.47. The van der Waals surface area contributed by atoms with Gasteiger partial charge < -0.3 is 5.73 Å². The minimum Gasteiger partial charge on any atom is -0.368 e. The molecule has 2 heterocycles. The molecule has 14 heavy (non-hydrogen) atoms. The highest BCUT2D eigenvalue weighted by Crippen LogP contribution is 2.31. The summed E-state index contributed by atoms with van der Waals surface area (Å²) in [6.07, 6.45) is 1.93. The molecule has 1 aliphatic rings. The molecule has 1 aliphatic heterocycles. The molecule has 1 fully saturated rings. The van der Waals surface area contributed by atoms with E-state index in [0.29, 0.717) is 11.9 Å². The van der Waals surface area contributed by atoms with Gasteiger partial charge in [-0.3, -0.25) is 0 Å². The Kier molecular flexibility index (Phi) is 2.86. The zero-order valence-corrected chi connectivity index (χ0v) is 9.05. The first-order valence-electron chi connectivity index (χ1n) is 4.87. The van der Waals surface area contributed by atoms with E-state index >= 15 is 0 Å². The summed E-state index contributed by atoms with van der Waals surface area (Å²) in [5.41, 5.74) is 5.64. The fraction of sp³-hybridized carbons (Fsp3) is 0.667. The van der Waals surface area contributed by atoms with E-state index in [1.54, 1.807) is 0 Å². The van der Waals surface area contributed by atoms with Crippen LogP contribution < -0.4 is 5.73 Å². The quantitative estimate of drug-likeness (QED) is 0.813. The number of hydrogen-bond donors (Lipinski definition) is 1. The van der Waals surface area contributed by atoms with Gasteiger partial charge in [-0.25, -0.2) is 4.98 Å². The van der Waals surface area contributed by atoms with Crippen LogP contribution in [0.4, 0.5) is 5.95 Å². The molecule has 0 atom stereocenters. The van der Waals surface area contributed by atoms with Gasteiger partial charge in [0.05, 0.1) is 0 Å². The summed E-state index contributed by atoms with van der Waals surface area (Å²) in [5, 5.41) is 0. The van der Waals surface area contributed by atoms with Crippen LogP contribution in [0, 0.1) is 0 Å². The number of nitrogens with zero attached hydrogens (tertiary/aromatic N) is 3. The average molecular weight is 210 g/mol. The van der Waals surface area contributed by atoms with Crippen LogP contribution in [-0.2, 0) is 6.42 Å². The highest BCUT2D eigenvalue weighted by atomic mass is 32.2. The maximum atomic E-state index is 5.64. The molecule has 0 saturated carbocycles. The molecule has 2 rings (SSSR count). The maximum Gasteiger partial charge on any atom is 0.223 e. The predicted octanol–water partition coefficient (Wildman–Crippen LogP) is 1.24. The highest BCUT2D eigenvalue weighted by Gasteiger charge is 2.23. The maximum absolute atomic E-state index is 5.64. The Hall–Kier alpha value is -0.840. The van der Waals surface area contributed by atoms with Crippen molar-refractivity contribution in [2.24, 2.45) is 0 Å². The Bertz CT molecular complexity index is 325. The van der Waals surface area contributed by atoms with Crippen molar-refractivity contribution in [1.29, 1.82) is 0 Å². The summed E-state index contributed by atoms with van der Waals surface area (Å²) in [6, 6.07) is 0. The lowest BCUT2D eigenvalue weighted by Crippen LogP contribution is -2.20. The molecule has 76 valence electrons. The van der Waals surface area contributed by atoms with Gasteiger partial charge in [-0.15, -0.1) is 0 Å². The van der Waals surface area contributed by atoms with E-state index in [1.807, 2.05) is 11.8 Å². The summed E-state index contributed by atoms with van der Waals surface area (Å²) >= 11 is 1.92. The zero-order chi connectivity index (χ0) is 9.97. The molecule has 4 nitrogen and oxygen atoms in total. The third-order valence-electron chi connectivity index (χ3n) is 2.19. The van der Waals surface area contributed by atoms with Crippen molar-refractivity contribution in [1.82, 2.24) is 15.0 Å². The fourth-order valence-corrected chi connectivity index (χ4v) is 2.13. The van der Waals surface area contributed by atoms with Gasteiger partial charge >= 0.3 is 0 Å². The van der Waals surface area contributed by atoms with Gasteiger partial charge in [-0.05, 0) is 6.42 Å². The number of thioether (sulfide) groups is 1. The van der Waals surface area contributed by atoms with Crippen molar-refractivity contribution in [2.45, 2.75) is 25.7 Å². The van der Waals surface area contributed by atoms with E-state index < -0.39 is 0 Å². The number of rotatable bonds is 3. The Balaban J connectivity index is 2.21. The Morgan fingerprint density at radius 3 is 2.71 bits per heavy atom. The molecule has 1 aromatic rings. The SMILES string of the molecule is CCCc1nc(N)nc(C2CSC2)n1. The van der Waals surface area contributed by atoms with E-state index in [9.17, 15) is 0 Å². The molecule has 1 aromatic heterocycles. The second kappa shape index (κ2) is 4.13. The van der Waals surface area contributed by atoms with Crippen molar-refractivity contribution in [3.8, 4) is 0 Å². The van der Waals surface area contributed by atoms with Crippen molar-refractivity contribution in [3.63, 3.8) is 0 Å². The van der Waals surface area contributed by atoms with E-state index in [-0.39, 0.29) is 0 Å². The summed E-state index contributed by atoms with van der Waals surface area (Å²) in [7, 11) is 0. The van der Waals surface area contributed by atoms with Crippen molar-refractivity contribution in [2.75, 3.05) is 17.2 Å². The summed E-state index contributed by atoms with van der Waals surface area (Å²) in [5.74, 6) is 4.84. The monoisotopic (exact) mass is 210 g/mol. The smallest absolute Gasteiger partial charge is 0.223 e. The van der Waals surface area contributed by atoms with E-state index in [0.717, 1.165) is 36.0 Å². The second-order valence-electron chi connectivity index (χ2n) is 3.45. The molecule has 0 aliphatic carbocycles. The zero-order valence-electron chi connectivity index (χ0n) is 8.23. The minimum atomic E-state index is 0.371. The van der Waals surface area contributed by atoms with Crippen LogP contribution in [0.2, 0.25) is 0 Å². The van der Waals surface area contributed by atoms with Crippen LogP contribution in [0.1, 0.15) is 30.9 Å². The molecule has 0 radical (unpaired) electrons. The molecule has 0 unspecified atom stereocenters. The largest absolute Gasteiger partial charge is 0.368 e. The molecular formula is C9H14N4S. The molecule has 0 bridgehead atoms. The number of nitrogens with two attached hydrogens (primary N) is 1. The van der Waals surface area contributed by atoms with Gasteiger partial charge in [0.1, 0.15) is 11.6 Å². The second-order valence-corrected chi connectivity index (χ2v) is 4.53.